The normalized spacial score (nSPS) is 22.4. The van der Waals surface area contributed by atoms with E-state index in [1.165, 1.54) is 30.1 Å². The number of likely N-dealkylation sites (tertiary alicyclic amines) is 1. The fourth-order valence-electron chi connectivity index (χ4n) is 3.60. The smallest absolute Gasteiger partial charge is 0.257 e. The molecule has 1 aromatic rings. The predicted molar refractivity (Wildman–Crippen MR) is 90.4 cm³/mol. The van der Waals surface area contributed by atoms with Gasteiger partial charge in [0, 0.05) is 31.4 Å². The van der Waals surface area contributed by atoms with Crippen molar-refractivity contribution in [3.63, 3.8) is 0 Å². The van der Waals surface area contributed by atoms with E-state index in [2.05, 4.69) is 10.4 Å². The van der Waals surface area contributed by atoms with Crippen LogP contribution >= 0.6 is 0 Å². The number of nitrogens with one attached hydrogen (secondary N) is 1. The third-order valence-electron chi connectivity index (χ3n) is 4.90. The van der Waals surface area contributed by atoms with Crippen LogP contribution in [0.1, 0.15) is 55.3 Å². The van der Waals surface area contributed by atoms with E-state index < -0.39 is 0 Å². The van der Waals surface area contributed by atoms with E-state index in [0.29, 0.717) is 12.1 Å². The first-order chi connectivity index (χ1) is 11.6. The van der Waals surface area contributed by atoms with Crippen molar-refractivity contribution >= 4 is 11.8 Å². The summed E-state index contributed by atoms with van der Waals surface area (Å²) in [6.45, 7) is 1.48. The summed E-state index contributed by atoms with van der Waals surface area (Å²) in [6.07, 6.45) is 10.8. The van der Waals surface area contributed by atoms with Crippen molar-refractivity contribution in [2.24, 2.45) is 5.73 Å². The lowest BCUT2D eigenvalue weighted by atomic mass is 9.95. The highest BCUT2D eigenvalue weighted by molar-refractivity contribution is 5.93. The number of rotatable bonds is 4. The molecule has 2 heterocycles. The van der Waals surface area contributed by atoms with Crippen LogP contribution in [0.5, 0.6) is 0 Å². The Morgan fingerprint density at radius 3 is 2.75 bits per heavy atom. The molecule has 1 saturated heterocycles. The lowest BCUT2D eigenvalue weighted by Crippen LogP contribution is -2.45. The van der Waals surface area contributed by atoms with Crippen LogP contribution in [0.3, 0.4) is 0 Å². The van der Waals surface area contributed by atoms with Crippen molar-refractivity contribution in [1.29, 1.82) is 0 Å². The summed E-state index contributed by atoms with van der Waals surface area (Å²) in [5, 5.41) is 7.22. The van der Waals surface area contributed by atoms with Crippen LogP contribution in [0.2, 0.25) is 0 Å². The second kappa shape index (κ2) is 7.79. The SMILES string of the molecule is NC1CCCN(C(=O)c2cnn(CC(=O)NC3CCCCC3)c2)C1. The maximum Gasteiger partial charge on any atom is 0.257 e. The number of aromatic nitrogens is 2. The minimum atomic E-state index is -0.0518. The van der Waals surface area contributed by atoms with E-state index in [-0.39, 0.29) is 30.4 Å². The largest absolute Gasteiger partial charge is 0.352 e. The van der Waals surface area contributed by atoms with Crippen molar-refractivity contribution in [3.8, 4) is 0 Å². The van der Waals surface area contributed by atoms with Crippen molar-refractivity contribution in [1.82, 2.24) is 20.0 Å². The Kier molecular flexibility index (Phi) is 5.50. The molecule has 3 rings (SSSR count). The van der Waals surface area contributed by atoms with E-state index in [1.807, 2.05) is 0 Å². The fourth-order valence-corrected chi connectivity index (χ4v) is 3.60. The molecule has 132 valence electrons. The zero-order valence-corrected chi connectivity index (χ0v) is 14.1. The summed E-state index contributed by atoms with van der Waals surface area (Å²) < 4.78 is 1.54. The molecule has 24 heavy (non-hydrogen) atoms. The molecule has 0 radical (unpaired) electrons. The third-order valence-corrected chi connectivity index (χ3v) is 4.90. The Balaban J connectivity index is 1.52. The molecule has 2 fully saturated rings. The first kappa shape index (κ1) is 17.0. The number of carbonyl (C=O) groups is 2. The number of nitrogens with zero attached hydrogens (tertiary/aromatic N) is 3. The van der Waals surface area contributed by atoms with E-state index >= 15 is 0 Å². The zero-order valence-electron chi connectivity index (χ0n) is 14.1. The highest BCUT2D eigenvalue weighted by Gasteiger charge is 2.23. The minimum absolute atomic E-state index is 0.0380. The summed E-state index contributed by atoms with van der Waals surface area (Å²) in [4.78, 5) is 26.4. The molecule has 7 heteroatoms. The Bertz CT molecular complexity index is 579. The highest BCUT2D eigenvalue weighted by atomic mass is 16.2. The number of hydrogen-bond acceptors (Lipinski definition) is 4. The van der Waals surface area contributed by atoms with Gasteiger partial charge in [0.2, 0.25) is 5.91 Å². The van der Waals surface area contributed by atoms with Gasteiger partial charge in [-0.3, -0.25) is 14.3 Å². The predicted octanol–water partition coefficient (Wildman–Crippen LogP) is 0.895. The number of hydrogen-bond donors (Lipinski definition) is 2. The summed E-state index contributed by atoms with van der Waals surface area (Å²) in [6, 6.07) is 0.344. The van der Waals surface area contributed by atoms with Crippen molar-refractivity contribution in [2.45, 2.75) is 63.6 Å². The molecule has 7 nitrogen and oxygen atoms in total. The van der Waals surface area contributed by atoms with Crippen LogP contribution < -0.4 is 11.1 Å². The van der Waals surface area contributed by atoms with Crippen LogP contribution in [-0.4, -0.2) is 51.7 Å². The van der Waals surface area contributed by atoms with E-state index in [9.17, 15) is 9.59 Å². The molecule has 0 bridgehead atoms. The molecule has 0 aromatic carbocycles. The fraction of sp³-hybridized carbons (Fsp3) is 0.706. The van der Waals surface area contributed by atoms with Gasteiger partial charge in [-0.05, 0) is 25.7 Å². The molecule has 1 saturated carbocycles. The second-order valence-corrected chi connectivity index (χ2v) is 6.98. The Hall–Kier alpha value is -1.89. The van der Waals surface area contributed by atoms with Gasteiger partial charge in [0.05, 0.1) is 11.8 Å². The third kappa shape index (κ3) is 4.35. The minimum Gasteiger partial charge on any atom is -0.352 e. The van der Waals surface area contributed by atoms with Crippen LogP contribution in [0.15, 0.2) is 12.4 Å². The Morgan fingerprint density at radius 2 is 2.00 bits per heavy atom. The van der Waals surface area contributed by atoms with E-state index in [1.54, 1.807) is 11.1 Å². The maximum atomic E-state index is 12.5. The van der Waals surface area contributed by atoms with Gasteiger partial charge in [-0.15, -0.1) is 0 Å². The molecular weight excluding hydrogens is 306 g/mol. The van der Waals surface area contributed by atoms with Gasteiger partial charge >= 0.3 is 0 Å². The quantitative estimate of drug-likeness (QED) is 0.856. The van der Waals surface area contributed by atoms with Gasteiger partial charge in [0.15, 0.2) is 0 Å². The van der Waals surface area contributed by atoms with Gasteiger partial charge in [-0.25, -0.2) is 0 Å². The highest BCUT2D eigenvalue weighted by Crippen LogP contribution is 2.17. The molecule has 1 aromatic heterocycles. The lowest BCUT2D eigenvalue weighted by molar-refractivity contribution is -0.122. The monoisotopic (exact) mass is 333 g/mol. The molecule has 1 aliphatic carbocycles. The zero-order chi connectivity index (χ0) is 16.9. The molecule has 1 aliphatic heterocycles. The summed E-state index contributed by atoms with van der Waals surface area (Å²) >= 11 is 0. The van der Waals surface area contributed by atoms with E-state index in [4.69, 9.17) is 5.73 Å². The first-order valence-electron chi connectivity index (χ1n) is 8.98. The average Bonchev–Trinajstić information content (AvgIpc) is 3.03. The van der Waals surface area contributed by atoms with Crippen LogP contribution in [0.25, 0.3) is 0 Å². The maximum absolute atomic E-state index is 12.5. The number of amides is 2. The van der Waals surface area contributed by atoms with Crippen molar-refractivity contribution in [2.75, 3.05) is 13.1 Å². The van der Waals surface area contributed by atoms with Crippen LogP contribution in [-0.2, 0) is 11.3 Å². The van der Waals surface area contributed by atoms with Crippen molar-refractivity contribution in [3.05, 3.63) is 18.0 Å². The topological polar surface area (TPSA) is 93.2 Å². The van der Waals surface area contributed by atoms with Gasteiger partial charge in [0.1, 0.15) is 6.54 Å². The molecule has 1 atom stereocenters. The molecule has 0 spiro atoms. The van der Waals surface area contributed by atoms with Gasteiger partial charge in [-0.2, -0.15) is 5.10 Å². The number of carbonyl (C=O) groups excluding carboxylic acids is 2. The molecule has 1 unspecified atom stereocenters. The number of nitrogens with two attached hydrogens (primary N) is 1. The van der Waals surface area contributed by atoms with Crippen LogP contribution in [0, 0.1) is 0 Å². The first-order valence-corrected chi connectivity index (χ1v) is 8.98. The van der Waals surface area contributed by atoms with Gasteiger partial charge < -0.3 is 16.0 Å². The average molecular weight is 333 g/mol. The summed E-state index contributed by atoms with van der Waals surface area (Å²) in [7, 11) is 0. The standard InChI is InChI=1S/C17H27N5O2/c18-14-5-4-8-21(11-14)17(24)13-9-19-22(10-13)12-16(23)20-15-6-2-1-3-7-15/h9-10,14-15H,1-8,11-12,18H2,(H,20,23). The summed E-state index contributed by atoms with van der Waals surface area (Å²) in [5.74, 6) is -0.0897. The Labute approximate surface area is 142 Å². The lowest BCUT2D eigenvalue weighted by Gasteiger charge is -2.30. The van der Waals surface area contributed by atoms with E-state index in [0.717, 1.165) is 32.2 Å². The molecule has 2 aliphatic rings. The second-order valence-electron chi connectivity index (χ2n) is 6.98. The van der Waals surface area contributed by atoms with Crippen LogP contribution in [0.4, 0.5) is 0 Å². The van der Waals surface area contributed by atoms with Crippen molar-refractivity contribution < 1.29 is 9.59 Å². The molecule has 2 amide bonds. The summed E-state index contributed by atoms with van der Waals surface area (Å²) in [5.41, 5.74) is 6.46. The van der Waals surface area contributed by atoms with Gasteiger partial charge in [0.25, 0.3) is 5.91 Å². The Morgan fingerprint density at radius 1 is 1.21 bits per heavy atom. The molecular formula is C17H27N5O2. The van der Waals surface area contributed by atoms with Gasteiger partial charge in [-0.1, -0.05) is 19.3 Å². The number of piperidine rings is 1. The molecule has 3 N–H and O–H groups in total.